The maximum atomic E-state index is 11.1. The summed E-state index contributed by atoms with van der Waals surface area (Å²) in [6, 6.07) is 0. The van der Waals surface area contributed by atoms with Crippen molar-refractivity contribution in [2.75, 3.05) is 72.5 Å². The molecule has 1 heterocycles. The third kappa shape index (κ3) is 10.5. The molecule has 12 heteroatoms. The van der Waals surface area contributed by atoms with Crippen LogP contribution >= 0.6 is 0 Å². The number of nitrogens with one attached hydrogen (secondary N) is 1. The Balaban J connectivity index is 2.95. The van der Waals surface area contributed by atoms with Crippen LogP contribution < -0.4 is 5.48 Å². The highest BCUT2D eigenvalue weighted by molar-refractivity contribution is 5.79. The number of rotatable bonds is 7. The molecule has 0 atom stereocenters. The Bertz CT molecular complexity index is 543. The molecular formula is C15H27N5O7. The smallest absolute Gasteiger partial charge is 0.317 e. The van der Waals surface area contributed by atoms with Crippen molar-refractivity contribution < 1.29 is 34.5 Å². The fourth-order valence-electron chi connectivity index (χ4n) is 2.63. The molecular weight excluding hydrogens is 362 g/mol. The highest BCUT2D eigenvalue weighted by Crippen LogP contribution is 2.00. The van der Waals surface area contributed by atoms with Gasteiger partial charge in [0.2, 0.25) is 5.90 Å². The molecule has 0 aliphatic carbocycles. The molecule has 0 fully saturated rings. The van der Waals surface area contributed by atoms with Crippen LogP contribution in [-0.4, -0.2) is 126 Å². The number of hydrogen-bond donors (Lipinski definition) is 4. The van der Waals surface area contributed by atoms with Gasteiger partial charge < -0.3 is 20.2 Å². The van der Waals surface area contributed by atoms with Gasteiger partial charge in [0.1, 0.15) is 0 Å². The largest absolute Gasteiger partial charge is 0.480 e. The summed E-state index contributed by atoms with van der Waals surface area (Å²) in [6.45, 7) is 1.44. The zero-order valence-corrected chi connectivity index (χ0v) is 15.3. The number of carbonyl (C=O) groups is 3. The Labute approximate surface area is 157 Å². The predicted octanol–water partition coefficient (Wildman–Crippen LogP) is -2.29. The van der Waals surface area contributed by atoms with Gasteiger partial charge in [-0.15, -0.1) is 0 Å². The van der Waals surface area contributed by atoms with Gasteiger partial charge in [-0.25, -0.2) is 0 Å². The molecule has 0 bridgehead atoms. The lowest BCUT2D eigenvalue weighted by Gasteiger charge is -2.29. The van der Waals surface area contributed by atoms with Crippen LogP contribution in [0.1, 0.15) is 0 Å². The van der Waals surface area contributed by atoms with Crippen LogP contribution in [0, 0.1) is 0 Å². The average molecular weight is 389 g/mol. The number of hydroxylamine groups is 1. The third-order valence-electron chi connectivity index (χ3n) is 3.82. The molecule has 0 aromatic rings. The highest BCUT2D eigenvalue weighted by atomic mass is 16.7. The molecule has 12 nitrogen and oxygen atoms in total. The third-order valence-corrected chi connectivity index (χ3v) is 3.82. The summed E-state index contributed by atoms with van der Waals surface area (Å²) in [5, 5.41) is 27.2. The molecule has 27 heavy (non-hydrogen) atoms. The fraction of sp³-hybridized carbons (Fsp3) is 0.733. The van der Waals surface area contributed by atoms with E-state index in [4.69, 9.17) is 20.2 Å². The molecule has 1 rings (SSSR count). The van der Waals surface area contributed by atoms with E-state index in [1.807, 2.05) is 0 Å². The minimum absolute atomic E-state index is 0.132. The van der Waals surface area contributed by atoms with Crippen LogP contribution in [0.4, 0.5) is 0 Å². The van der Waals surface area contributed by atoms with E-state index in [0.29, 0.717) is 32.7 Å². The van der Waals surface area contributed by atoms with Gasteiger partial charge in [-0.2, -0.15) is 5.48 Å². The van der Waals surface area contributed by atoms with Crippen LogP contribution in [0.2, 0.25) is 0 Å². The molecule has 0 saturated carbocycles. The first kappa shape index (κ1) is 22.8. The van der Waals surface area contributed by atoms with Crippen molar-refractivity contribution in [3.63, 3.8) is 0 Å². The van der Waals surface area contributed by atoms with Gasteiger partial charge in [-0.1, -0.05) is 0 Å². The number of nitrogens with zero attached hydrogens (tertiary/aromatic N) is 4. The average Bonchev–Trinajstić information content (AvgIpc) is 2.54. The van der Waals surface area contributed by atoms with Crippen LogP contribution in [0.15, 0.2) is 4.99 Å². The standard InChI is InChI=1S/C15H27N5O7/c1-16-27-12-8-20(11-15(25)26)7-6-19(10-14(23)24)5-4-18(3-2-17-12)9-13(21)22/h16H,2-11H2,1H3,(H,21,22)(H,23,24)(H,25,26). The van der Waals surface area contributed by atoms with Gasteiger partial charge in [0, 0.05) is 39.8 Å². The Morgan fingerprint density at radius 1 is 0.889 bits per heavy atom. The molecule has 0 aromatic carbocycles. The maximum absolute atomic E-state index is 11.1. The van der Waals surface area contributed by atoms with Gasteiger partial charge in [0.15, 0.2) is 0 Å². The maximum Gasteiger partial charge on any atom is 0.317 e. The Morgan fingerprint density at radius 3 is 1.81 bits per heavy atom. The Hall–Kier alpha value is -2.28. The van der Waals surface area contributed by atoms with Gasteiger partial charge in [-0.05, 0) is 0 Å². The number of aliphatic imine (C=N–C) groups is 1. The minimum Gasteiger partial charge on any atom is -0.480 e. The first-order chi connectivity index (χ1) is 12.8. The molecule has 1 aliphatic rings. The van der Waals surface area contributed by atoms with Crippen molar-refractivity contribution in [2.45, 2.75) is 0 Å². The highest BCUT2D eigenvalue weighted by Gasteiger charge is 2.19. The van der Waals surface area contributed by atoms with Crippen molar-refractivity contribution in [3.8, 4) is 0 Å². The monoisotopic (exact) mass is 389 g/mol. The summed E-state index contributed by atoms with van der Waals surface area (Å²) < 4.78 is 0. The Morgan fingerprint density at radius 2 is 1.33 bits per heavy atom. The summed E-state index contributed by atoms with van der Waals surface area (Å²) in [7, 11) is 1.55. The van der Waals surface area contributed by atoms with Gasteiger partial charge in [-0.3, -0.25) is 34.1 Å². The summed E-state index contributed by atoms with van der Waals surface area (Å²) in [6.07, 6.45) is 0. The molecule has 154 valence electrons. The van der Waals surface area contributed by atoms with Crippen LogP contribution in [0.5, 0.6) is 0 Å². The zero-order valence-electron chi connectivity index (χ0n) is 15.3. The van der Waals surface area contributed by atoms with Crippen molar-refractivity contribution in [1.82, 2.24) is 20.2 Å². The predicted molar refractivity (Wildman–Crippen MR) is 94.7 cm³/mol. The van der Waals surface area contributed by atoms with Crippen LogP contribution in [0.25, 0.3) is 0 Å². The van der Waals surface area contributed by atoms with E-state index in [-0.39, 0.29) is 38.6 Å². The molecule has 0 spiro atoms. The topological polar surface area (TPSA) is 155 Å². The second-order valence-corrected chi connectivity index (χ2v) is 6.03. The van der Waals surface area contributed by atoms with E-state index in [9.17, 15) is 14.4 Å². The van der Waals surface area contributed by atoms with E-state index in [1.54, 1.807) is 21.7 Å². The number of carboxylic acid groups (broad SMARTS) is 3. The molecule has 1 aliphatic heterocycles. The van der Waals surface area contributed by atoms with E-state index in [2.05, 4.69) is 10.5 Å². The molecule has 0 saturated heterocycles. The quantitative estimate of drug-likeness (QED) is 0.348. The van der Waals surface area contributed by atoms with Crippen molar-refractivity contribution in [1.29, 1.82) is 0 Å². The lowest BCUT2D eigenvalue weighted by atomic mass is 10.3. The zero-order chi connectivity index (χ0) is 20.2. The second kappa shape index (κ2) is 12.2. The van der Waals surface area contributed by atoms with Crippen LogP contribution in [0.3, 0.4) is 0 Å². The van der Waals surface area contributed by atoms with Gasteiger partial charge >= 0.3 is 17.9 Å². The van der Waals surface area contributed by atoms with Crippen molar-refractivity contribution in [3.05, 3.63) is 0 Å². The molecule has 0 aromatic heterocycles. The SMILES string of the molecule is CNOC1=NCCN(CC(=O)O)CCN(CC(=O)O)CCN(CC(=O)O)C1. The van der Waals surface area contributed by atoms with Crippen molar-refractivity contribution >= 4 is 23.8 Å². The van der Waals surface area contributed by atoms with Crippen LogP contribution in [-0.2, 0) is 19.2 Å². The molecule has 4 N–H and O–H groups in total. The van der Waals surface area contributed by atoms with Gasteiger partial charge in [0.25, 0.3) is 0 Å². The van der Waals surface area contributed by atoms with E-state index in [1.165, 1.54) is 0 Å². The second-order valence-electron chi connectivity index (χ2n) is 6.03. The van der Waals surface area contributed by atoms with Gasteiger partial charge in [0.05, 0.1) is 32.7 Å². The minimum atomic E-state index is -1.01. The Kier molecular flexibility index (Phi) is 10.3. The summed E-state index contributed by atoms with van der Waals surface area (Å²) in [5.74, 6) is -2.71. The fourth-order valence-corrected chi connectivity index (χ4v) is 2.63. The summed E-state index contributed by atoms with van der Waals surface area (Å²) in [5.41, 5.74) is 2.50. The number of carboxylic acids is 3. The molecule has 0 radical (unpaired) electrons. The van der Waals surface area contributed by atoms with E-state index in [0.717, 1.165) is 0 Å². The van der Waals surface area contributed by atoms with E-state index >= 15 is 0 Å². The summed E-state index contributed by atoms with van der Waals surface area (Å²) in [4.78, 5) is 47.7. The number of hydrogen-bond acceptors (Lipinski definition) is 9. The first-order valence-electron chi connectivity index (χ1n) is 8.49. The molecule has 0 unspecified atom stereocenters. The molecule has 0 amide bonds. The lowest BCUT2D eigenvalue weighted by Crippen LogP contribution is -2.46. The normalized spacial score (nSPS) is 18.8. The first-order valence-corrected chi connectivity index (χ1v) is 8.49. The summed E-state index contributed by atoms with van der Waals surface area (Å²) >= 11 is 0. The number of aliphatic carboxylic acids is 3. The van der Waals surface area contributed by atoms with E-state index < -0.39 is 17.9 Å². The van der Waals surface area contributed by atoms with Crippen molar-refractivity contribution in [2.24, 2.45) is 4.99 Å². The lowest BCUT2D eigenvalue weighted by molar-refractivity contribution is -0.140.